The van der Waals surface area contributed by atoms with Gasteiger partial charge in [-0.2, -0.15) is 0 Å². The van der Waals surface area contributed by atoms with Gasteiger partial charge in [0.05, 0.1) is 36.6 Å². The first-order valence-corrected chi connectivity index (χ1v) is 20.6. The molecular weight excluding hydrogens is 704 g/mol. The molecule has 0 spiro atoms. The van der Waals surface area contributed by atoms with Crippen LogP contribution >= 0.6 is 0 Å². The Morgan fingerprint density at radius 2 is 0.370 bits per heavy atom. The maximum absolute atomic E-state index is 8.89. The van der Waals surface area contributed by atoms with E-state index in [4.69, 9.17) is 71.5 Å². The molecule has 0 aliphatic rings. The maximum Gasteiger partial charge on any atom is 0.153 e. The molecule has 54 heavy (non-hydrogen) atoms. The number of hydrogen-bond donors (Lipinski definition) is 14. The Hall–Kier alpha value is -0.560. The Kier molecular flexibility index (Phi) is 77.8. The number of aliphatic hydroxyl groups excluding tert-OH is 13. The second-order valence-electron chi connectivity index (χ2n) is 13.4. The van der Waals surface area contributed by atoms with Crippen LogP contribution in [-0.2, 0) is 0 Å². The normalized spacial score (nSPS) is 13.6. The summed E-state index contributed by atoms with van der Waals surface area (Å²) in [6.07, 6.45) is 11.0. The molecule has 14 N–H and O–H groups in total. The Balaban J connectivity index is -0.0000000956. The molecule has 0 aliphatic carbocycles. The first kappa shape index (κ1) is 68.1. The lowest BCUT2D eigenvalue weighted by Gasteiger charge is -2.04. The van der Waals surface area contributed by atoms with Gasteiger partial charge < -0.3 is 71.5 Å². The Morgan fingerprint density at radius 3 is 0.426 bits per heavy atom. The van der Waals surface area contributed by atoms with Crippen LogP contribution in [0.3, 0.4) is 0 Å². The van der Waals surface area contributed by atoms with Gasteiger partial charge in [-0.3, -0.25) is 0 Å². The van der Waals surface area contributed by atoms with Gasteiger partial charge in [-0.15, -0.1) is 0 Å². The van der Waals surface area contributed by atoms with Gasteiger partial charge in [0, 0.05) is 45.6 Å². The van der Waals surface area contributed by atoms with Crippen molar-refractivity contribution in [1.29, 1.82) is 0 Å². The van der Waals surface area contributed by atoms with Crippen molar-refractivity contribution < 1.29 is 71.5 Å². The first-order chi connectivity index (χ1) is 25.5. The van der Waals surface area contributed by atoms with Gasteiger partial charge in [-0.25, -0.2) is 0 Å². The molecule has 0 heterocycles. The number of rotatable bonds is 25. The summed E-state index contributed by atoms with van der Waals surface area (Å²) in [6, 6.07) is 0. The third kappa shape index (κ3) is 84.1. The van der Waals surface area contributed by atoms with Gasteiger partial charge in [0.2, 0.25) is 0 Å². The Labute approximate surface area is 330 Å². The molecule has 0 aromatic heterocycles. The molecule has 6 unspecified atom stereocenters. The molecule has 0 amide bonds. The van der Waals surface area contributed by atoms with Crippen molar-refractivity contribution in [3.05, 3.63) is 0 Å². The lowest BCUT2D eigenvalue weighted by Crippen LogP contribution is -2.11. The van der Waals surface area contributed by atoms with Gasteiger partial charge in [-0.05, 0) is 77.0 Å². The van der Waals surface area contributed by atoms with Crippen LogP contribution in [0.15, 0.2) is 0 Å². The summed E-state index contributed by atoms with van der Waals surface area (Å²) >= 11 is 0. The highest BCUT2D eigenvalue weighted by molar-refractivity contribution is 4.54. The topological polar surface area (TPSA) is 283 Å². The minimum Gasteiger partial charge on any atom is -0.396 e. The molecule has 0 aromatic carbocycles. The Morgan fingerprint density at radius 1 is 0.259 bits per heavy atom. The van der Waals surface area contributed by atoms with Crippen molar-refractivity contribution in [3.8, 4) is 0 Å². The van der Waals surface area contributed by atoms with Gasteiger partial charge in [0.1, 0.15) is 0 Å². The lowest BCUT2D eigenvalue weighted by molar-refractivity contribution is -0.0731. The molecule has 0 bridgehead atoms. The highest BCUT2D eigenvalue weighted by atomic mass is 16.5. The molecule has 0 saturated heterocycles. The van der Waals surface area contributed by atoms with Crippen molar-refractivity contribution in [3.63, 3.8) is 0 Å². The molecule has 0 radical (unpaired) electrons. The monoisotopic (exact) mass is 799 g/mol. The largest absolute Gasteiger partial charge is 0.396 e. The number of hydrogen-bond acceptors (Lipinski definition) is 14. The summed E-state index contributed by atoms with van der Waals surface area (Å²) < 4.78 is 0. The van der Waals surface area contributed by atoms with E-state index in [2.05, 4.69) is 0 Å². The minimum atomic E-state index is -1.15. The van der Waals surface area contributed by atoms with E-state index in [-0.39, 0.29) is 82.2 Å². The summed E-state index contributed by atoms with van der Waals surface area (Å²) in [6.45, 7) is 16.2. The van der Waals surface area contributed by atoms with E-state index in [1.165, 1.54) is 0 Å². The second-order valence-corrected chi connectivity index (χ2v) is 13.4. The van der Waals surface area contributed by atoms with Crippen LogP contribution < -0.4 is 0 Å². The molecule has 14 nitrogen and oxygen atoms in total. The summed E-state index contributed by atoms with van der Waals surface area (Å²) in [4.78, 5) is 0. The quantitative estimate of drug-likeness (QED) is 0.0591. The smallest absolute Gasteiger partial charge is 0.153 e. The lowest BCUT2D eigenvalue weighted by atomic mass is 10.2. The zero-order valence-corrected chi connectivity index (χ0v) is 35.9. The van der Waals surface area contributed by atoms with Crippen molar-refractivity contribution in [1.82, 2.24) is 0 Å². The molecule has 0 aliphatic heterocycles. The summed E-state index contributed by atoms with van der Waals surface area (Å²) in [7, 11) is 0. The summed E-state index contributed by atoms with van der Waals surface area (Å²) in [5, 5.41) is 120. The van der Waals surface area contributed by atoms with E-state index >= 15 is 0 Å². The fraction of sp³-hybridized carbons (Fsp3) is 1.00. The second kappa shape index (κ2) is 61.7. The van der Waals surface area contributed by atoms with E-state index in [0.29, 0.717) is 38.5 Å². The maximum atomic E-state index is 8.89. The summed E-state index contributed by atoms with van der Waals surface area (Å²) in [5.74, 6) is -0.0370. The zero-order valence-electron chi connectivity index (χ0n) is 35.9. The first-order valence-electron chi connectivity index (χ1n) is 20.6. The van der Waals surface area contributed by atoms with Crippen molar-refractivity contribution in [2.45, 2.75) is 214 Å². The van der Waals surface area contributed by atoms with E-state index < -0.39 is 6.29 Å². The predicted octanol–water partition coefficient (Wildman–Crippen LogP) is 3.13. The van der Waals surface area contributed by atoms with Crippen molar-refractivity contribution in [2.75, 3.05) is 39.6 Å². The molecular formula is C40H94O14. The highest BCUT2D eigenvalue weighted by Gasteiger charge is 2.02. The molecule has 0 aromatic rings. The number of aliphatic hydroxyl groups is 14. The summed E-state index contributed by atoms with van der Waals surface area (Å²) in [5.41, 5.74) is 0. The molecule has 14 heteroatoms. The standard InChI is InChI=1S/6C6H14O2.C4H10O2/c6*1-2-3-6(8)4-5-7;1-3(2)4(5)6/h6*6-8H,2-5H2,1H3;3-6H,1-2H3. The third-order valence-electron chi connectivity index (χ3n) is 7.10. The molecule has 0 rings (SSSR count). The van der Waals surface area contributed by atoms with Crippen LogP contribution in [0.5, 0.6) is 0 Å². The van der Waals surface area contributed by atoms with E-state index in [1.54, 1.807) is 13.8 Å². The fourth-order valence-electron chi connectivity index (χ4n) is 3.76. The molecule has 338 valence electrons. The highest BCUT2D eigenvalue weighted by Crippen LogP contribution is 2.02. The van der Waals surface area contributed by atoms with Gasteiger partial charge in [-0.1, -0.05) is 93.9 Å². The molecule has 0 fully saturated rings. The van der Waals surface area contributed by atoms with Crippen LogP contribution in [0.1, 0.15) is 171 Å². The fourth-order valence-corrected chi connectivity index (χ4v) is 3.76. The predicted molar refractivity (Wildman–Crippen MR) is 219 cm³/mol. The zero-order chi connectivity index (χ0) is 43.6. The Bertz CT molecular complexity index is 426. The van der Waals surface area contributed by atoms with E-state index in [0.717, 1.165) is 77.0 Å². The van der Waals surface area contributed by atoms with Crippen LogP contribution in [0.25, 0.3) is 0 Å². The van der Waals surface area contributed by atoms with E-state index in [1.807, 2.05) is 41.5 Å². The SMILES string of the molecule is CC(C)C(O)O.CCCC(O)CCO.CCCC(O)CCO.CCCC(O)CCO.CCCC(O)CCO.CCCC(O)CCO.CCCC(O)CCO. The van der Waals surface area contributed by atoms with Gasteiger partial charge >= 0.3 is 0 Å². The van der Waals surface area contributed by atoms with Gasteiger partial charge in [0.25, 0.3) is 0 Å². The van der Waals surface area contributed by atoms with Crippen LogP contribution in [0.2, 0.25) is 0 Å². The van der Waals surface area contributed by atoms with Crippen LogP contribution in [0, 0.1) is 5.92 Å². The third-order valence-corrected chi connectivity index (χ3v) is 7.10. The average molecular weight is 799 g/mol. The van der Waals surface area contributed by atoms with Crippen molar-refractivity contribution >= 4 is 0 Å². The molecule has 6 atom stereocenters. The average Bonchev–Trinajstić information content (AvgIpc) is 3.08. The minimum absolute atomic E-state index is 0.0370. The van der Waals surface area contributed by atoms with Crippen molar-refractivity contribution in [2.24, 2.45) is 5.92 Å². The van der Waals surface area contributed by atoms with Gasteiger partial charge in [0.15, 0.2) is 6.29 Å². The molecule has 0 saturated carbocycles. The van der Waals surface area contributed by atoms with Crippen LogP contribution in [0.4, 0.5) is 0 Å². The van der Waals surface area contributed by atoms with Crippen LogP contribution in [-0.4, -0.2) is 154 Å². The van der Waals surface area contributed by atoms with E-state index in [9.17, 15) is 0 Å².